The minimum Gasteiger partial charge on any atom is -0.465 e. The van der Waals surface area contributed by atoms with Crippen LogP contribution in [0.5, 0.6) is 5.88 Å². The zero-order chi connectivity index (χ0) is 26.6. The molecule has 0 radical (unpaired) electrons. The van der Waals surface area contributed by atoms with Crippen LogP contribution >= 0.6 is 0 Å². The van der Waals surface area contributed by atoms with Crippen molar-refractivity contribution in [3.63, 3.8) is 0 Å². The summed E-state index contributed by atoms with van der Waals surface area (Å²) < 4.78 is 63.9. The summed E-state index contributed by atoms with van der Waals surface area (Å²) in [6.45, 7) is 4.67. The lowest BCUT2D eigenvalue weighted by molar-refractivity contribution is -0.190. The fraction of sp³-hybridized carbons (Fsp3) is 0.692. The number of pyridine rings is 1. The van der Waals surface area contributed by atoms with Crippen LogP contribution in [0.3, 0.4) is 0 Å². The first kappa shape index (κ1) is 27.5. The number of ether oxygens (including phenoxy) is 1. The highest BCUT2D eigenvalue weighted by Gasteiger charge is 2.39. The molecule has 2 aliphatic rings. The van der Waals surface area contributed by atoms with Crippen molar-refractivity contribution in [1.29, 1.82) is 0 Å². The monoisotopic (exact) mass is 526 g/mol. The number of aryl methyl sites for hydroxylation is 1. The quantitative estimate of drug-likeness (QED) is 0.426. The zero-order valence-electron chi connectivity index (χ0n) is 21.3. The van der Waals surface area contributed by atoms with Crippen LogP contribution in [0.15, 0.2) is 16.7 Å². The first-order chi connectivity index (χ1) is 17.5. The number of alkyl halides is 4. The Hall–Kier alpha value is -2.56. The van der Waals surface area contributed by atoms with Gasteiger partial charge in [-0.3, -0.25) is 4.79 Å². The van der Waals surface area contributed by atoms with E-state index < -0.39 is 17.9 Å². The highest BCUT2D eigenvalue weighted by Crippen LogP contribution is 2.39. The number of carbonyl (C=O) groups is 1. The van der Waals surface area contributed by atoms with Crippen LogP contribution in [0.4, 0.5) is 17.6 Å². The van der Waals surface area contributed by atoms with Crippen molar-refractivity contribution in [2.75, 3.05) is 19.6 Å². The van der Waals surface area contributed by atoms with Crippen LogP contribution in [0.1, 0.15) is 68.4 Å². The summed E-state index contributed by atoms with van der Waals surface area (Å²) in [5, 5.41) is 3.76. The first-order valence-corrected chi connectivity index (χ1v) is 12.9. The molecule has 1 atom stereocenters. The van der Waals surface area contributed by atoms with Gasteiger partial charge in [0, 0.05) is 51.2 Å². The second-order valence-electron chi connectivity index (χ2n) is 10.4. The number of ketones is 1. The molecule has 3 heterocycles. The van der Waals surface area contributed by atoms with Gasteiger partial charge in [-0.05, 0) is 56.9 Å². The molecule has 1 saturated carbocycles. The summed E-state index contributed by atoms with van der Waals surface area (Å²) in [5.74, 6) is 1.03. The number of rotatable bonds is 9. The Labute approximate surface area is 214 Å². The van der Waals surface area contributed by atoms with E-state index in [1.165, 1.54) is 6.07 Å². The lowest BCUT2D eigenvalue weighted by Gasteiger charge is -2.35. The van der Waals surface area contributed by atoms with Gasteiger partial charge in [0.05, 0.1) is 6.42 Å². The van der Waals surface area contributed by atoms with E-state index in [0.717, 1.165) is 24.7 Å². The third-order valence-electron chi connectivity index (χ3n) is 7.48. The predicted molar refractivity (Wildman–Crippen MR) is 127 cm³/mol. The van der Waals surface area contributed by atoms with Crippen LogP contribution in [0.25, 0.3) is 0 Å². The van der Waals surface area contributed by atoms with E-state index in [2.05, 4.69) is 20.0 Å². The molecule has 4 rings (SSSR count). The highest BCUT2D eigenvalue weighted by atomic mass is 19.4. The molecule has 1 aliphatic heterocycles. The lowest BCUT2D eigenvalue weighted by Crippen LogP contribution is -2.36. The normalized spacial score (nSPS) is 23.8. The van der Waals surface area contributed by atoms with Gasteiger partial charge in [0.2, 0.25) is 11.8 Å². The van der Waals surface area contributed by atoms with Crippen LogP contribution in [0, 0.1) is 12.8 Å². The summed E-state index contributed by atoms with van der Waals surface area (Å²) in [7, 11) is 0. The second-order valence-corrected chi connectivity index (χ2v) is 10.4. The molecule has 0 spiro atoms. The van der Waals surface area contributed by atoms with E-state index in [4.69, 9.17) is 9.26 Å². The number of hydrogen-bond donors (Lipinski definition) is 0. The molecule has 1 aliphatic carbocycles. The number of nitrogens with zero attached hydrogens (tertiary/aromatic N) is 4. The minimum atomic E-state index is -4.45. The molecular weight excluding hydrogens is 492 g/mol. The van der Waals surface area contributed by atoms with Gasteiger partial charge in [-0.15, -0.1) is 0 Å². The van der Waals surface area contributed by atoms with Gasteiger partial charge in [-0.2, -0.15) is 18.2 Å². The van der Waals surface area contributed by atoms with Crippen molar-refractivity contribution in [3.8, 4) is 5.88 Å². The summed E-state index contributed by atoms with van der Waals surface area (Å²) in [6.07, 6.45) is -1.84. The molecule has 0 N–H and O–H groups in total. The number of fused-ring (bicyclic) bond motifs is 1. The highest BCUT2D eigenvalue weighted by molar-refractivity contribution is 5.80. The summed E-state index contributed by atoms with van der Waals surface area (Å²) in [4.78, 5) is 22.9. The van der Waals surface area contributed by atoms with E-state index in [-0.39, 0.29) is 24.0 Å². The maximum atomic E-state index is 15.6. The van der Waals surface area contributed by atoms with Crippen molar-refractivity contribution >= 4 is 5.78 Å². The van der Waals surface area contributed by atoms with Crippen LogP contribution in [-0.4, -0.2) is 63.4 Å². The topological polar surface area (TPSA) is 81.4 Å². The fourth-order valence-electron chi connectivity index (χ4n) is 5.14. The summed E-state index contributed by atoms with van der Waals surface area (Å²) in [5.41, 5.74) is 0.493. The van der Waals surface area contributed by atoms with Gasteiger partial charge < -0.3 is 14.2 Å². The van der Waals surface area contributed by atoms with Crippen molar-refractivity contribution < 1.29 is 31.6 Å². The molecule has 0 bridgehead atoms. The lowest BCUT2D eigenvalue weighted by atomic mass is 9.76. The smallest absolute Gasteiger partial charge is 0.425 e. The molecular formula is C26H34F4N4O3. The number of Topliss-reactive ketones (excluding diaryl/α,β-unsaturated/α-hetero) is 1. The first-order valence-electron chi connectivity index (χ1n) is 12.9. The molecule has 1 fully saturated rings. The molecule has 37 heavy (non-hydrogen) atoms. The molecule has 2 aromatic rings. The van der Waals surface area contributed by atoms with Gasteiger partial charge in [0.1, 0.15) is 11.5 Å². The average molecular weight is 527 g/mol. The van der Waals surface area contributed by atoms with Crippen LogP contribution < -0.4 is 4.74 Å². The largest absolute Gasteiger partial charge is 0.465 e. The molecule has 2 aromatic heterocycles. The molecule has 204 valence electrons. The minimum absolute atomic E-state index is 0.0256. The van der Waals surface area contributed by atoms with Crippen molar-refractivity contribution in [3.05, 3.63) is 35.1 Å². The van der Waals surface area contributed by atoms with Crippen LogP contribution in [0.2, 0.25) is 0 Å². The molecule has 0 unspecified atom stereocenters. The Morgan fingerprint density at radius 2 is 1.95 bits per heavy atom. The van der Waals surface area contributed by atoms with Gasteiger partial charge in [0.25, 0.3) is 0 Å². The Kier molecular flexibility index (Phi) is 8.50. The van der Waals surface area contributed by atoms with Crippen molar-refractivity contribution in [1.82, 2.24) is 20.0 Å². The fourth-order valence-corrected chi connectivity index (χ4v) is 5.14. The Bertz CT molecular complexity index is 1070. The maximum absolute atomic E-state index is 15.6. The Morgan fingerprint density at radius 3 is 2.62 bits per heavy atom. The zero-order valence-corrected chi connectivity index (χ0v) is 21.3. The average Bonchev–Trinajstić information content (AvgIpc) is 3.13. The van der Waals surface area contributed by atoms with Gasteiger partial charge in [0.15, 0.2) is 11.9 Å². The van der Waals surface area contributed by atoms with Crippen molar-refractivity contribution in [2.45, 2.75) is 89.6 Å². The molecule has 0 saturated heterocycles. The number of aromatic nitrogens is 3. The molecule has 0 aromatic carbocycles. The third-order valence-corrected chi connectivity index (χ3v) is 7.48. The third kappa shape index (κ3) is 7.72. The van der Waals surface area contributed by atoms with E-state index in [1.54, 1.807) is 13.0 Å². The Balaban J connectivity index is 1.21. The van der Waals surface area contributed by atoms with Gasteiger partial charge >= 0.3 is 6.18 Å². The second kappa shape index (κ2) is 11.4. The number of halogens is 4. The SMILES string of the molecule is Cc1nc(CC(=O)CC2CCC(F)(CCN3CCc4ccc(O[C@H](C)C(F)(F)F)nc4CC3)CC2)no1. The predicted octanol–water partition coefficient (Wildman–Crippen LogP) is 4.99. The van der Waals surface area contributed by atoms with Gasteiger partial charge in [-0.1, -0.05) is 11.2 Å². The van der Waals surface area contributed by atoms with E-state index in [0.29, 0.717) is 76.2 Å². The molecule has 7 nitrogen and oxygen atoms in total. The molecule has 0 amide bonds. The Morgan fingerprint density at radius 1 is 1.22 bits per heavy atom. The number of carbonyl (C=O) groups excluding carboxylic acids is 1. The van der Waals surface area contributed by atoms with Crippen molar-refractivity contribution in [2.24, 2.45) is 5.92 Å². The maximum Gasteiger partial charge on any atom is 0.425 e. The van der Waals surface area contributed by atoms with Gasteiger partial charge in [-0.25, -0.2) is 9.37 Å². The summed E-state index contributed by atoms with van der Waals surface area (Å²) in [6, 6.07) is 3.27. The molecule has 11 heteroatoms. The van der Waals surface area contributed by atoms with E-state index in [9.17, 15) is 18.0 Å². The van der Waals surface area contributed by atoms with E-state index in [1.807, 2.05) is 0 Å². The summed E-state index contributed by atoms with van der Waals surface area (Å²) >= 11 is 0. The van der Waals surface area contributed by atoms with E-state index >= 15 is 4.39 Å². The standard InChI is InChI=1S/C26H34F4N4O3/c1-17(26(28,29)30)36-24-4-3-20-7-12-34(13-8-22(20)32-24)14-11-25(27)9-5-19(6-10-25)15-21(35)16-23-31-18(2)37-33-23/h3-4,17,19H,5-16H2,1-2H3/t17-,19?,25?/m1/s1. The van der Waals surface area contributed by atoms with Crippen LogP contribution in [-0.2, 0) is 24.1 Å². The number of hydrogen-bond acceptors (Lipinski definition) is 7.